The average Bonchev–Trinajstić information content (AvgIpc) is 2.33. The first kappa shape index (κ1) is 13.1. The van der Waals surface area contributed by atoms with Crippen molar-refractivity contribution in [3.05, 3.63) is 23.8 Å². The molecule has 1 aliphatic carbocycles. The molecule has 0 radical (unpaired) electrons. The van der Waals surface area contributed by atoms with E-state index in [1.165, 1.54) is 0 Å². The molecule has 2 atom stereocenters. The van der Waals surface area contributed by atoms with Gasteiger partial charge in [-0.1, -0.05) is 12.8 Å². The van der Waals surface area contributed by atoms with E-state index in [4.69, 9.17) is 5.73 Å². The number of aliphatic hydroxyl groups is 1. The molecule has 1 aliphatic rings. The van der Waals surface area contributed by atoms with Crippen molar-refractivity contribution < 1.29 is 13.9 Å². The van der Waals surface area contributed by atoms with E-state index in [0.717, 1.165) is 37.8 Å². The Hall–Kier alpha value is -1.36. The van der Waals surface area contributed by atoms with Crippen molar-refractivity contribution in [3.63, 3.8) is 0 Å². The average molecular weight is 256 g/mol. The fourth-order valence-electron chi connectivity index (χ4n) is 2.58. The number of rotatable bonds is 2. The summed E-state index contributed by atoms with van der Waals surface area (Å²) < 4.78 is 26.3. The summed E-state index contributed by atoms with van der Waals surface area (Å²) in [5.41, 5.74) is 6.33. The molecule has 100 valence electrons. The highest BCUT2D eigenvalue weighted by atomic mass is 19.2. The number of nitrogens with two attached hydrogens (primary N) is 1. The van der Waals surface area contributed by atoms with Gasteiger partial charge in [-0.3, -0.25) is 0 Å². The van der Waals surface area contributed by atoms with Crippen LogP contribution in [0.5, 0.6) is 0 Å². The molecule has 3 nitrogen and oxygen atoms in total. The van der Waals surface area contributed by atoms with E-state index in [1.54, 1.807) is 11.9 Å². The van der Waals surface area contributed by atoms with Crippen LogP contribution >= 0.6 is 0 Å². The van der Waals surface area contributed by atoms with Crippen LogP contribution in [0.1, 0.15) is 25.7 Å². The molecule has 3 N–H and O–H groups in total. The first-order valence-corrected chi connectivity index (χ1v) is 6.16. The number of hydrogen-bond acceptors (Lipinski definition) is 3. The molecule has 5 heteroatoms. The molecule has 0 bridgehead atoms. The standard InChI is InChI=1S/C13H18F2N2O/c1-17(11-4-2-3-5-13(11)18)12-7-9(15)8(14)6-10(12)16/h6-7,11,13,18H,2-5,16H2,1H3. The van der Waals surface area contributed by atoms with Crippen molar-refractivity contribution >= 4 is 11.4 Å². The summed E-state index contributed by atoms with van der Waals surface area (Å²) in [6, 6.07) is 1.98. The van der Waals surface area contributed by atoms with Crippen molar-refractivity contribution in [2.24, 2.45) is 0 Å². The fourth-order valence-corrected chi connectivity index (χ4v) is 2.58. The Labute approximate surface area is 105 Å². The van der Waals surface area contributed by atoms with Crippen molar-refractivity contribution in [2.45, 2.75) is 37.8 Å². The number of benzene rings is 1. The molecule has 0 amide bonds. The summed E-state index contributed by atoms with van der Waals surface area (Å²) in [6.45, 7) is 0. The van der Waals surface area contributed by atoms with E-state index >= 15 is 0 Å². The third-order valence-corrected chi connectivity index (χ3v) is 3.64. The van der Waals surface area contributed by atoms with Gasteiger partial charge in [0.1, 0.15) is 0 Å². The molecular formula is C13H18F2N2O. The topological polar surface area (TPSA) is 49.5 Å². The van der Waals surface area contributed by atoms with Crippen molar-refractivity contribution in [1.82, 2.24) is 0 Å². The maximum atomic E-state index is 13.3. The highest BCUT2D eigenvalue weighted by Crippen LogP contribution is 2.31. The lowest BCUT2D eigenvalue weighted by Gasteiger charge is -2.37. The molecule has 1 fully saturated rings. The Balaban J connectivity index is 2.27. The van der Waals surface area contributed by atoms with Crippen molar-refractivity contribution in [1.29, 1.82) is 0 Å². The highest BCUT2D eigenvalue weighted by molar-refractivity contribution is 5.68. The van der Waals surface area contributed by atoms with E-state index in [1.807, 2.05) is 0 Å². The molecule has 0 heterocycles. The summed E-state index contributed by atoms with van der Waals surface area (Å²) in [4.78, 5) is 1.75. The first-order valence-electron chi connectivity index (χ1n) is 6.16. The lowest BCUT2D eigenvalue weighted by atomic mass is 9.91. The Morgan fingerprint density at radius 3 is 2.50 bits per heavy atom. The van der Waals surface area contributed by atoms with Crippen molar-refractivity contribution in [3.8, 4) is 0 Å². The predicted molar refractivity (Wildman–Crippen MR) is 67.4 cm³/mol. The number of aliphatic hydroxyl groups excluding tert-OH is 1. The zero-order chi connectivity index (χ0) is 13.3. The van der Waals surface area contributed by atoms with Gasteiger partial charge in [-0.25, -0.2) is 8.78 Å². The van der Waals surface area contributed by atoms with E-state index < -0.39 is 17.7 Å². The zero-order valence-electron chi connectivity index (χ0n) is 10.4. The smallest absolute Gasteiger partial charge is 0.161 e. The second kappa shape index (κ2) is 5.10. The van der Waals surface area contributed by atoms with Crippen molar-refractivity contribution in [2.75, 3.05) is 17.7 Å². The van der Waals surface area contributed by atoms with Gasteiger partial charge in [-0.2, -0.15) is 0 Å². The first-order chi connectivity index (χ1) is 8.50. The molecule has 1 aromatic rings. The molecule has 2 unspecified atom stereocenters. The normalized spacial score (nSPS) is 24.0. The number of nitrogen functional groups attached to an aromatic ring is 1. The SMILES string of the molecule is CN(c1cc(F)c(F)cc1N)C1CCCCC1O. The Morgan fingerprint density at radius 2 is 1.83 bits per heavy atom. The number of halogens is 2. The second-order valence-electron chi connectivity index (χ2n) is 4.86. The lowest BCUT2D eigenvalue weighted by Crippen LogP contribution is -2.43. The van der Waals surface area contributed by atoms with Crippen LogP contribution in [0.15, 0.2) is 12.1 Å². The minimum absolute atomic E-state index is 0.0917. The van der Waals surface area contributed by atoms with Gasteiger partial charge in [0, 0.05) is 19.2 Å². The van der Waals surface area contributed by atoms with Gasteiger partial charge in [0.2, 0.25) is 0 Å². The lowest BCUT2D eigenvalue weighted by molar-refractivity contribution is 0.106. The summed E-state index contributed by atoms with van der Waals surface area (Å²) in [5.74, 6) is -1.87. The van der Waals surface area contributed by atoms with Crippen LogP contribution in [0.25, 0.3) is 0 Å². The van der Waals surface area contributed by atoms with Gasteiger partial charge in [0.15, 0.2) is 11.6 Å². The third-order valence-electron chi connectivity index (χ3n) is 3.64. The largest absolute Gasteiger partial charge is 0.397 e. The van der Waals surface area contributed by atoms with Gasteiger partial charge >= 0.3 is 0 Å². The van der Waals surface area contributed by atoms with Gasteiger partial charge < -0.3 is 15.7 Å². The number of nitrogens with zero attached hydrogens (tertiary/aromatic N) is 1. The number of likely N-dealkylation sites (N-methyl/N-ethyl adjacent to an activating group) is 1. The molecule has 0 saturated heterocycles. The molecular weight excluding hydrogens is 238 g/mol. The molecule has 0 spiro atoms. The van der Waals surface area contributed by atoms with Crippen LogP contribution in [0.4, 0.5) is 20.2 Å². The third kappa shape index (κ3) is 2.41. The van der Waals surface area contributed by atoms with Crippen LogP contribution < -0.4 is 10.6 Å². The number of anilines is 2. The van der Waals surface area contributed by atoms with Gasteiger partial charge in [0.25, 0.3) is 0 Å². The minimum Gasteiger partial charge on any atom is -0.397 e. The van der Waals surface area contributed by atoms with E-state index in [0.29, 0.717) is 5.69 Å². The Morgan fingerprint density at radius 1 is 1.22 bits per heavy atom. The second-order valence-corrected chi connectivity index (χ2v) is 4.86. The summed E-state index contributed by atoms with van der Waals surface area (Å²) in [5, 5.41) is 9.97. The Kier molecular flexibility index (Phi) is 3.71. The van der Waals surface area contributed by atoms with Gasteiger partial charge in [-0.15, -0.1) is 0 Å². The van der Waals surface area contributed by atoms with Crippen LogP contribution in [0.3, 0.4) is 0 Å². The summed E-state index contributed by atoms with van der Waals surface area (Å²) in [7, 11) is 1.75. The van der Waals surface area contributed by atoms with Crippen LogP contribution in [-0.2, 0) is 0 Å². The predicted octanol–water partition coefficient (Wildman–Crippen LogP) is 2.29. The molecule has 0 aromatic heterocycles. The monoisotopic (exact) mass is 256 g/mol. The molecule has 0 aliphatic heterocycles. The summed E-state index contributed by atoms with van der Waals surface area (Å²) >= 11 is 0. The molecule has 1 aromatic carbocycles. The van der Waals surface area contributed by atoms with Crippen LogP contribution in [0, 0.1) is 11.6 Å². The quantitative estimate of drug-likeness (QED) is 0.798. The van der Waals surface area contributed by atoms with E-state index in [9.17, 15) is 13.9 Å². The van der Waals surface area contributed by atoms with Gasteiger partial charge in [-0.05, 0) is 12.8 Å². The molecule has 2 rings (SSSR count). The minimum atomic E-state index is -0.950. The summed E-state index contributed by atoms with van der Waals surface area (Å²) in [6.07, 6.45) is 3.14. The maximum absolute atomic E-state index is 13.3. The Bertz CT molecular complexity index is 439. The van der Waals surface area contributed by atoms with Crippen LogP contribution in [0.2, 0.25) is 0 Å². The fraction of sp³-hybridized carbons (Fsp3) is 0.538. The van der Waals surface area contributed by atoms with E-state index in [-0.39, 0.29) is 11.7 Å². The van der Waals surface area contributed by atoms with Crippen LogP contribution in [-0.4, -0.2) is 24.3 Å². The molecule has 18 heavy (non-hydrogen) atoms. The highest BCUT2D eigenvalue weighted by Gasteiger charge is 2.28. The maximum Gasteiger partial charge on any atom is 0.161 e. The number of hydrogen-bond donors (Lipinski definition) is 2. The zero-order valence-corrected chi connectivity index (χ0v) is 10.4. The molecule has 1 saturated carbocycles. The van der Waals surface area contributed by atoms with E-state index in [2.05, 4.69) is 0 Å². The van der Waals surface area contributed by atoms with Gasteiger partial charge in [0.05, 0.1) is 23.5 Å².